The molecule has 1 heterocycles. The molecule has 29 heavy (non-hydrogen) atoms. The van der Waals surface area contributed by atoms with Crippen LogP contribution in [-0.4, -0.2) is 78.1 Å². The Bertz CT molecular complexity index is 813. The minimum Gasteiger partial charge on any atom is -0.390 e. The van der Waals surface area contributed by atoms with Crippen molar-refractivity contribution in [2.24, 2.45) is 0 Å². The molecule has 1 unspecified atom stereocenters. The predicted molar refractivity (Wildman–Crippen MR) is 113 cm³/mol. The van der Waals surface area contributed by atoms with Crippen LogP contribution in [0.2, 0.25) is 5.02 Å². The number of aliphatic hydroxyl groups excluding tert-OH is 1. The maximum atomic E-state index is 13.2. The number of hydrogen-bond donors (Lipinski definition) is 1. The van der Waals surface area contributed by atoms with Crippen LogP contribution in [-0.2, 0) is 6.54 Å². The maximum Gasteiger partial charge on any atom is 0.255 e. The van der Waals surface area contributed by atoms with Crippen molar-refractivity contribution in [1.29, 1.82) is 0 Å². The van der Waals surface area contributed by atoms with Crippen molar-refractivity contribution in [2.75, 3.05) is 46.3 Å². The molecule has 1 amide bonds. The second-order valence-corrected chi connectivity index (χ2v) is 7.96. The van der Waals surface area contributed by atoms with E-state index in [-0.39, 0.29) is 10.9 Å². The van der Waals surface area contributed by atoms with Crippen LogP contribution in [0.15, 0.2) is 48.5 Å². The van der Waals surface area contributed by atoms with E-state index < -0.39 is 11.9 Å². The molecular weight excluding hydrogens is 393 g/mol. The molecule has 0 radical (unpaired) electrons. The lowest BCUT2D eigenvalue weighted by atomic mass is 10.1. The summed E-state index contributed by atoms with van der Waals surface area (Å²) >= 11 is 6.01. The van der Waals surface area contributed by atoms with Crippen LogP contribution in [0, 0.1) is 5.82 Å². The number of halogens is 2. The predicted octanol–water partition coefficient (Wildman–Crippen LogP) is 2.73. The van der Waals surface area contributed by atoms with Crippen molar-refractivity contribution in [1.82, 2.24) is 14.7 Å². The van der Waals surface area contributed by atoms with Crippen molar-refractivity contribution in [3.63, 3.8) is 0 Å². The molecular formula is C22H27ClFN3O2. The zero-order chi connectivity index (χ0) is 20.8. The molecule has 1 fully saturated rings. The minimum atomic E-state index is -0.461. The lowest BCUT2D eigenvalue weighted by molar-refractivity contribution is 0.0453. The molecule has 3 rings (SSSR count). The molecule has 5 nitrogen and oxygen atoms in total. The Kier molecular flexibility index (Phi) is 7.61. The number of benzene rings is 2. The van der Waals surface area contributed by atoms with E-state index in [1.165, 1.54) is 17.7 Å². The zero-order valence-electron chi connectivity index (χ0n) is 16.6. The highest BCUT2D eigenvalue weighted by molar-refractivity contribution is 6.33. The number of hydrogen-bond acceptors (Lipinski definition) is 4. The van der Waals surface area contributed by atoms with E-state index in [1.54, 1.807) is 4.90 Å². The number of nitrogens with zero attached hydrogens (tertiary/aromatic N) is 3. The fourth-order valence-corrected chi connectivity index (χ4v) is 3.89. The van der Waals surface area contributed by atoms with E-state index in [9.17, 15) is 14.3 Å². The molecule has 0 saturated carbocycles. The molecule has 2 aromatic carbocycles. The number of likely N-dealkylation sites (N-methyl/N-ethyl adjacent to an activating group) is 1. The standard InChI is InChI=1S/C22H27ClFN3O2/c1-25(14-17-5-3-2-4-6-17)15-19(28)16-26-9-11-27(12-10-26)22(29)20-8-7-18(24)13-21(20)23/h2-8,13,19,28H,9-12,14-16H2,1H3. The maximum absolute atomic E-state index is 13.2. The molecule has 0 spiro atoms. The van der Waals surface area contributed by atoms with Gasteiger partial charge in [-0.3, -0.25) is 14.6 Å². The van der Waals surface area contributed by atoms with Crippen LogP contribution < -0.4 is 0 Å². The minimum absolute atomic E-state index is 0.134. The van der Waals surface area contributed by atoms with E-state index in [2.05, 4.69) is 21.9 Å². The van der Waals surface area contributed by atoms with Crippen molar-refractivity contribution < 1.29 is 14.3 Å². The van der Waals surface area contributed by atoms with Gasteiger partial charge in [0, 0.05) is 45.8 Å². The Balaban J connectivity index is 1.43. The number of β-amino-alcohol motifs (C(OH)–C–C–N with tert-alkyl or cyclic N) is 1. The van der Waals surface area contributed by atoms with Gasteiger partial charge < -0.3 is 10.0 Å². The largest absolute Gasteiger partial charge is 0.390 e. The van der Waals surface area contributed by atoms with Crippen molar-refractivity contribution in [3.05, 3.63) is 70.5 Å². The highest BCUT2D eigenvalue weighted by atomic mass is 35.5. The molecule has 0 aliphatic carbocycles. The molecule has 1 saturated heterocycles. The first-order valence-corrected chi connectivity index (χ1v) is 10.2. The van der Waals surface area contributed by atoms with Crippen molar-refractivity contribution in [3.8, 4) is 0 Å². The van der Waals surface area contributed by atoms with Gasteiger partial charge in [-0.2, -0.15) is 0 Å². The highest BCUT2D eigenvalue weighted by Gasteiger charge is 2.25. The smallest absolute Gasteiger partial charge is 0.255 e. The number of carbonyl (C=O) groups excluding carboxylic acids is 1. The average molecular weight is 420 g/mol. The zero-order valence-corrected chi connectivity index (χ0v) is 17.4. The second-order valence-electron chi connectivity index (χ2n) is 7.55. The molecule has 7 heteroatoms. The molecule has 1 atom stereocenters. The van der Waals surface area contributed by atoms with Crippen LogP contribution in [0.3, 0.4) is 0 Å². The second kappa shape index (κ2) is 10.2. The Morgan fingerprint density at radius 2 is 1.86 bits per heavy atom. The molecule has 1 aliphatic rings. The van der Waals surface area contributed by atoms with Gasteiger partial charge in [0.05, 0.1) is 16.7 Å². The molecule has 156 valence electrons. The van der Waals surface area contributed by atoms with Crippen molar-refractivity contribution in [2.45, 2.75) is 12.6 Å². The third kappa shape index (κ3) is 6.24. The topological polar surface area (TPSA) is 47.0 Å². The van der Waals surface area contributed by atoms with Crippen LogP contribution in [0.25, 0.3) is 0 Å². The highest BCUT2D eigenvalue weighted by Crippen LogP contribution is 2.20. The van der Waals surface area contributed by atoms with Gasteiger partial charge in [0.2, 0.25) is 0 Å². The van der Waals surface area contributed by atoms with Gasteiger partial charge >= 0.3 is 0 Å². The first-order valence-electron chi connectivity index (χ1n) is 9.79. The molecule has 0 bridgehead atoms. The van der Waals surface area contributed by atoms with Crippen LogP contribution in [0.1, 0.15) is 15.9 Å². The molecule has 1 N–H and O–H groups in total. The van der Waals surface area contributed by atoms with Crippen LogP contribution in [0.5, 0.6) is 0 Å². The van der Waals surface area contributed by atoms with E-state index >= 15 is 0 Å². The third-order valence-corrected chi connectivity index (χ3v) is 5.42. The van der Waals surface area contributed by atoms with E-state index in [0.717, 1.165) is 12.6 Å². The summed E-state index contributed by atoms with van der Waals surface area (Å²) in [5.41, 5.74) is 1.54. The Hall–Kier alpha value is -1.99. The quantitative estimate of drug-likeness (QED) is 0.749. The van der Waals surface area contributed by atoms with E-state index in [0.29, 0.717) is 44.8 Å². The van der Waals surface area contributed by atoms with Crippen molar-refractivity contribution >= 4 is 17.5 Å². The van der Waals surface area contributed by atoms with Gasteiger partial charge in [-0.15, -0.1) is 0 Å². The van der Waals surface area contributed by atoms with Gasteiger partial charge in [-0.05, 0) is 30.8 Å². The van der Waals surface area contributed by atoms with Gasteiger partial charge in [-0.25, -0.2) is 4.39 Å². The van der Waals surface area contributed by atoms with E-state index in [1.807, 2.05) is 25.2 Å². The number of carbonyl (C=O) groups is 1. The number of aliphatic hydroxyl groups is 1. The molecule has 2 aromatic rings. The Morgan fingerprint density at radius 1 is 1.17 bits per heavy atom. The summed E-state index contributed by atoms with van der Waals surface area (Å²) in [6.45, 7) is 4.42. The Morgan fingerprint density at radius 3 is 2.52 bits per heavy atom. The fraction of sp³-hybridized carbons (Fsp3) is 0.409. The summed E-state index contributed by atoms with van der Waals surface area (Å²) < 4.78 is 13.2. The summed E-state index contributed by atoms with van der Waals surface area (Å²) in [6, 6.07) is 14.0. The molecule has 0 aromatic heterocycles. The van der Waals surface area contributed by atoms with Gasteiger partial charge in [0.25, 0.3) is 5.91 Å². The summed E-state index contributed by atoms with van der Waals surface area (Å²) in [4.78, 5) is 18.6. The average Bonchev–Trinajstić information content (AvgIpc) is 2.68. The van der Waals surface area contributed by atoms with Gasteiger partial charge in [0.15, 0.2) is 0 Å². The molecule has 1 aliphatic heterocycles. The lowest BCUT2D eigenvalue weighted by Gasteiger charge is -2.36. The van der Waals surface area contributed by atoms with E-state index in [4.69, 9.17) is 11.6 Å². The number of piperazine rings is 1. The first-order chi connectivity index (χ1) is 13.9. The summed E-state index contributed by atoms with van der Waals surface area (Å²) in [6.07, 6.45) is -0.461. The first kappa shape index (κ1) is 21.7. The summed E-state index contributed by atoms with van der Waals surface area (Å²) in [5.74, 6) is -0.639. The van der Waals surface area contributed by atoms with Crippen LogP contribution in [0.4, 0.5) is 4.39 Å². The summed E-state index contributed by atoms with van der Waals surface area (Å²) in [7, 11) is 2.00. The van der Waals surface area contributed by atoms with Gasteiger partial charge in [-0.1, -0.05) is 41.9 Å². The number of rotatable bonds is 7. The summed E-state index contributed by atoms with van der Waals surface area (Å²) in [5, 5.41) is 10.6. The Labute approximate surface area is 176 Å². The van der Waals surface area contributed by atoms with Crippen LogP contribution >= 0.6 is 11.6 Å². The number of amides is 1. The fourth-order valence-electron chi connectivity index (χ4n) is 3.64. The monoisotopic (exact) mass is 419 g/mol. The normalized spacial score (nSPS) is 16.2. The SMILES string of the molecule is CN(Cc1ccccc1)CC(O)CN1CCN(C(=O)c2ccc(F)cc2Cl)CC1. The third-order valence-electron chi connectivity index (χ3n) is 5.11. The lowest BCUT2D eigenvalue weighted by Crippen LogP contribution is -2.51. The van der Waals surface area contributed by atoms with Gasteiger partial charge in [0.1, 0.15) is 5.82 Å².